The molecule has 0 heterocycles. The number of benzene rings is 3. The second-order valence-electron chi connectivity index (χ2n) is 8.20. The Morgan fingerprint density at radius 2 is 1.72 bits per heavy atom. The van der Waals surface area contributed by atoms with E-state index in [1.54, 1.807) is 72.8 Å². The van der Waals surface area contributed by atoms with Crippen molar-refractivity contribution in [3.8, 4) is 11.5 Å². The monoisotopic (exact) mass is 551 g/mol. The van der Waals surface area contributed by atoms with Gasteiger partial charge < -0.3 is 24.4 Å². The number of nitrogens with zero attached hydrogens (tertiary/aromatic N) is 2. The van der Waals surface area contributed by atoms with Crippen LogP contribution in [0.4, 0.5) is 21.9 Å². The second kappa shape index (κ2) is 13.9. The van der Waals surface area contributed by atoms with Crippen molar-refractivity contribution >= 4 is 46.6 Å². The molecule has 0 saturated carbocycles. The number of rotatable bonds is 11. The number of carbonyl (C=O) groups is 3. The fourth-order valence-corrected chi connectivity index (χ4v) is 3.93. The number of anilines is 3. The van der Waals surface area contributed by atoms with Gasteiger partial charge >= 0.3 is 12.0 Å². The smallest absolute Gasteiger partial charge is 0.337 e. The van der Waals surface area contributed by atoms with E-state index in [0.29, 0.717) is 39.1 Å². The predicted molar refractivity (Wildman–Crippen MR) is 152 cm³/mol. The minimum atomic E-state index is -0.435. The number of methoxy groups -OCH3 is 2. The number of hydrogen-bond donors (Lipinski definition) is 1. The normalized spacial score (nSPS) is 10.3. The number of amides is 3. The number of carbonyl (C=O) groups excluding carboxylic acids is 3. The van der Waals surface area contributed by atoms with Gasteiger partial charge in [-0.05, 0) is 48.5 Å². The van der Waals surface area contributed by atoms with Crippen molar-refractivity contribution in [3.63, 3.8) is 0 Å². The Bertz CT molecular complexity index is 1330. The number of ether oxygens (including phenoxy) is 3. The molecule has 3 amide bonds. The first-order chi connectivity index (χ1) is 18.8. The highest BCUT2D eigenvalue weighted by Crippen LogP contribution is 2.34. The Labute approximate surface area is 232 Å². The zero-order valence-corrected chi connectivity index (χ0v) is 22.7. The van der Waals surface area contributed by atoms with E-state index in [0.717, 1.165) is 0 Å². The summed E-state index contributed by atoms with van der Waals surface area (Å²) in [5.74, 6) is 0.293. The molecule has 0 aliphatic rings. The molecule has 0 saturated heterocycles. The van der Waals surface area contributed by atoms with E-state index in [2.05, 4.69) is 11.9 Å². The van der Waals surface area contributed by atoms with E-state index in [1.165, 1.54) is 30.9 Å². The Morgan fingerprint density at radius 1 is 1.00 bits per heavy atom. The zero-order valence-electron chi connectivity index (χ0n) is 22.0. The number of esters is 1. The summed E-state index contributed by atoms with van der Waals surface area (Å²) < 4.78 is 16.1. The fourth-order valence-electron chi connectivity index (χ4n) is 3.75. The molecule has 3 rings (SSSR count). The lowest BCUT2D eigenvalue weighted by molar-refractivity contribution is -0.116. The van der Waals surface area contributed by atoms with Gasteiger partial charge in [0.15, 0.2) is 0 Å². The average molecular weight is 552 g/mol. The van der Waals surface area contributed by atoms with Crippen LogP contribution in [0.25, 0.3) is 0 Å². The molecule has 10 heteroatoms. The van der Waals surface area contributed by atoms with E-state index in [9.17, 15) is 14.4 Å². The molecule has 204 valence electrons. The lowest BCUT2D eigenvalue weighted by Crippen LogP contribution is -2.36. The average Bonchev–Trinajstić information content (AvgIpc) is 2.94. The third-order valence-electron chi connectivity index (χ3n) is 5.68. The van der Waals surface area contributed by atoms with E-state index in [4.69, 9.17) is 25.8 Å². The van der Waals surface area contributed by atoms with E-state index >= 15 is 0 Å². The Kier molecular flexibility index (Phi) is 10.3. The van der Waals surface area contributed by atoms with E-state index in [-0.39, 0.29) is 25.6 Å². The maximum absolute atomic E-state index is 13.1. The summed E-state index contributed by atoms with van der Waals surface area (Å²) in [7, 11) is 2.80. The highest BCUT2D eigenvalue weighted by molar-refractivity contribution is 6.33. The topological polar surface area (TPSA) is 97.4 Å². The maximum atomic E-state index is 13.1. The van der Waals surface area contributed by atoms with Gasteiger partial charge in [-0.25, -0.2) is 9.59 Å². The second-order valence-corrected chi connectivity index (χ2v) is 8.61. The highest BCUT2D eigenvalue weighted by Gasteiger charge is 2.22. The van der Waals surface area contributed by atoms with Crippen molar-refractivity contribution in [1.82, 2.24) is 0 Å². The lowest BCUT2D eigenvalue weighted by atomic mass is 10.2. The standard InChI is InChI=1S/C29H30ClN3O6/c1-5-16-33(29(36)31-25-9-7-6-8-24(25)30)26-15-12-22(19-27(26)37-3)32(20(2)34)17-18-39-23-13-10-21(11-14-23)28(35)38-4/h5-15,19H,1,16-18H2,2-4H3,(H,31,36). The Hall–Kier alpha value is -4.50. The summed E-state index contributed by atoms with van der Waals surface area (Å²) in [6, 6.07) is 18.1. The van der Waals surface area contributed by atoms with Crippen LogP contribution in [0.3, 0.4) is 0 Å². The number of para-hydroxylation sites is 1. The third-order valence-corrected chi connectivity index (χ3v) is 6.01. The van der Waals surface area contributed by atoms with Crippen molar-refractivity contribution in [2.24, 2.45) is 0 Å². The number of hydrogen-bond acceptors (Lipinski definition) is 6. The SMILES string of the molecule is C=CCN(C(=O)Nc1ccccc1Cl)c1ccc(N(CCOc2ccc(C(=O)OC)cc2)C(C)=O)cc1OC. The van der Waals surface area contributed by atoms with Gasteiger partial charge in [0, 0.05) is 25.2 Å². The largest absolute Gasteiger partial charge is 0.494 e. The van der Waals surface area contributed by atoms with Gasteiger partial charge in [0.1, 0.15) is 18.1 Å². The first-order valence-electron chi connectivity index (χ1n) is 12.0. The van der Waals surface area contributed by atoms with Crippen LogP contribution in [0.1, 0.15) is 17.3 Å². The molecule has 1 N–H and O–H groups in total. The molecule has 0 fully saturated rings. The zero-order chi connectivity index (χ0) is 28.4. The van der Waals surface area contributed by atoms with Crippen molar-refractivity contribution in [2.75, 3.05) is 49.0 Å². The molecule has 3 aromatic carbocycles. The van der Waals surface area contributed by atoms with Crippen LogP contribution in [-0.4, -0.2) is 51.8 Å². The molecule has 0 aliphatic heterocycles. The molecule has 39 heavy (non-hydrogen) atoms. The Balaban J connectivity index is 1.76. The molecule has 0 aromatic heterocycles. The first-order valence-corrected chi connectivity index (χ1v) is 12.4. The molecule has 0 bridgehead atoms. The Morgan fingerprint density at radius 3 is 2.33 bits per heavy atom. The summed E-state index contributed by atoms with van der Waals surface area (Å²) in [6.45, 7) is 5.85. The van der Waals surface area contributed by atoms with Gasteiger partial charge in [-0.1, -0.05) is 29.8 Å². The highest BCUT2D eigenvalue weighted by atomic mass is 35.5. The molecule has 0 atom stereocenters. The summed E-state index contributed by atoms with van der Waals surface area (Å²) in [5.41, 5.74) is 1.93. The molecule has 0 radical (unpaired) electrons. The van der Waals surface area contributed by atoms with Crippen LogP contribution in [0.15, 0.2) is 79.4 Å². The third kappa shape index (κ3) is 7.52. The molecular weight excluding hydrogens is 522 g/mol. The minimum absolute atomic E-state index is 0.198. The van der Waals surface area contributed by atoms with E-state index in [1.807, 2.05) is 0 Å². The molecule has 0 unspecified atom stereocenters. The van der Waals surface area contributed by atoms with Crippen LogP contribution in [0, 0.1) is 0 Å². The van der Waals surface area contributed by atoms with Gasteiger partial charge in [0.25, 0.3) is 0 Å². The number of nitrogens with one attached hydrogen (secondary N) is 1. The van der Waals surface area contributed by atoms with Crippen molar-refractivity contribution < 1.29 is 28.6 Å². The van der Waals surface area contributed by atoms with Gasteiger partial charge in [-0.3, -0.25) is 9.69 Å². The van der Waals surface area contributed by atoms with Gasteiger partial charge in [-0.15, -0.1) is 6.58 Å². The lowest BCUT2D eigenvalue weighted by Gasteiger charge is -2.26. The summed E-state index contributed by atoms with van der Waals surface area (Å²) in [5, 5.41) is 3.21. The van der Waals surface area contributed by atoms with Gasteiger partial charge in [0.2, 0.25) is 5.91 Å². The van der Waals surface area contributed by atoms with Crippen molar-refractivity contribution in [3.05, 3.63) is 90.0 Å². The van der Waals surface area contributed by atoms with E-state index < -0.39 is 12.0 Å². The molecule has 0 aliphatic carbocycles. The quantitative estimate of drug-likeness (QED) is 0.239. The number of halogens is 1. The summed E-state index contributed by atoms with van der Waals surface area (Å²) >= 11 is 6.20. The first kappa shape index (κ1) is 29.1. The van der Waals surface area contributed by atoms with Crippen LogP contribution in [0.5, 0.6) is 11.5 Å². The van der Waals surface area contributed by atoms with Crippen LogP contribution < -0.4 is 24.6 Å². The molecular formula is C29H30ClN3O6. The number of urea groups is 1. The molecule has 9 nitrogen and oxygen atoms in total. The van der Waals surface area contributed by atoms with Gasteiger partial charge in [-0.2, -0.15) is 0 Å². The van der Waals surface area contributed by atoms with Crippen LogP contribution in [-0.2, 0) is 9.53 Å². The van der Waals surface area contributed by atoms with Crippen LogP contribution >= 0.6 is 11.6 Å². The van der Waals surface area contributed by atoms with Crippen molar-refractivity contribution in [2.45, 2.75) is 6.92 Å². The summed E-state index contributed by atoms with van der Waals surface area (Å²) in [6.07, 6.45) is 1.59. The van der Waals surface area contributed by atoms with Gasteiger partial charge in [0.05, 0.1) is 42.7 Å². The summed E-state index contributed by atoms with van der Waals surface area (Å²) in [4.78, 5) is 40.2. The minimum Gasteiger partial charge on any atom is -0.494 e. The predicted octanol–water partition coefficient (Wildman–Crippen LogP) is 5.79. The van der Waals surface area contributed by atoms with Crippen molar-refractivity contribution in [1.29, 1.82) is 0 Å². The fraction of sp³-hybridized carbons (Fsp3) is 0.207. The van der Waals surface area contributed by atoms with Crippen LogP contribution in [0.2, 0.25) is 5.02 Å². The molecule has 3 aromatic rings. The molecule has 0 spiro atoms. The maximum Gasteiger partial charge on any atom is 0.337 e.